The average Bonchev–Trinajstić information content (AvgIpc) is 2.03. The monoisotopic (exact) mass is 199 g/mol. The molecule has 0 aromatic rings. The van der Waals surface area contributed by atoms with E-state index in [0.717, 1.165) is 5.92 Å². The molecule has 2 nitrogen and oxygen atoms in total. The second kappa shape index (κ2) is 4.19. The molecule has 1 saturated carbocycles. The summed E-state index contributed by atoms with van der Waals surface area (Å²) in [6, 6.07) is 0. The quantitative estimate of drug-likeness (QED) is 0.709. The predicted molar refractivity (Wildman–Crippen MR) is 59.7 cm³/mol. The van der Waals surface area contributed by atoms with Crippen LogP contribution in [0.5, 0.6) is 0 Å². The Labute approximate surface area is 88.2 Å². The fraction of sp³-hybridized carbons (Fsp3) is 1.00. The third-order valence-corrected chi connectivity index (χ3v) is 3.90. The molecule has 1 fully saturated rings. The normalized spacial score (nSPS) is 23.8. The third kappa shape index (κ3) is 2.96. The molecule has 2 heteroatoms. The topological polar surface area (TPSA) is 35.2 Å². The molecule has 1 aliphatic rings. The largest absolute Gasteiger partial charge is 0.304 e. The molecule has 0 aromatic carbocycles. The van der Waals surface area contributed by atoms with Crippen LogP contribution >= 0.6 is 0 Å². The molecule has 1 rings (SSSR count). The van der Waals surface area contributed by atoms with Gasteiger partial charge in [0.05, 0.1) is 6.61 Å². The van der Waals surface area contributed by atoms with Gasteiger partial charge in [-0.3, -0.25) is 0 Å². The van der Waals surface area contributed by atoms with Crippen molar-refractivity contribution in [3.63, 3.8) is 0 Å². The zero-order valence-corrected chi connectivity index (χ0v) is 10.1. The predicted octanol–water partition coefficient (Wildman–Crippen LogP) is 3.12. The Morgan fingerprint density at radius 2 is 1.79 bits per heavy atom. The Balaban J connectivity index is 2.48. The molecule has 84 valence electrons. The molecule has 0 bridgehead atoms. The van der Waals surface area contributed by atoms with Crippen LogP contribution in [0.3, 0.4) is 0 Å². The highest BCUT2D eigenvalue weighted by Gasteiger charge is 2.35. The minimum atomic E-state index is 0.241. The smallest absolute Gasteiger partial charge is 0.0732 e. The highest BCUT2D eigenvalue weighted by molar-refractivity contribution is 4.86. The maximum Gasteiger partial charge on any atom is 0.0732 e. The van der Waals surface area contributed by atoms with Crippen LogP contribution in [0.15, 0.2) is 0 Å². The summed E-state index contributed by atoms with van der Waals surface area (Å²) in [5, 5.41) is 0. The van der Waals surface area contributed by atoms with Gasteiger partial charge >= 0.3 is 0 Å². The van der Waals surface area contributed by atoms with Gasteiger partial charge in [-0.2, -0.15) is 0 Å². The molecule has 0 heterocycles. The van der Waals surface area contributed by atoms with Crippen LogP contribution in [0.2, 0.25) is 0 Å². The van der Waals surface area contributed by atoms with Crippen molar-refractivity contribution in [2.45, 2.75) is 53.4 Å². The van der Waals surface area contributed by atoms with Crippen LogP contribution in [0, 0.1) is 16.7 Å². The molecule has 0 saturated heterocycles. The van der Waals surface area contributed by atoms with Gasteiger partial charge in [0.25, 0.3) is 0 Å². The molecule has 0 atom stereocenters. The summed E-state index contributed by atoms with van der Waals surface area (Å²) in [4.78, 5) is 4.81. The summed E-state index contributed by atoms with van der Waals surface area (Å²) in [5.74, 6) is 5.95. The summed E-state index contributed by atoms with van der Waals surface area (Å²) < 4.78 is 0. The second-order valence-corrected chi connectivity index (χ2v) is 6.24. The van der Waals surface area contributed by atoms with Crippen LogP contribution in [-0.2, 0) is 4.84 Å². The van der Waals surface area contributed by atoms with E-state index in [1.807, 2.05) is 0 Å². The molecular formula is C12H25NO. The summed E-state index contributed by atoms with van der Waals surface area (Å²) in [5.41, 5.74) is 0.793. The fourth-order valence-corrected chi connectivity index (χ4v) is 2.51. The van der Waals surface area contributed by atoms with Crippen molar-refractivity contribution in [1.82, 2.24) is 0 Å². The van der Waals surface area contributed by atoms with Crippen molar-refractivity contribution in [2.75, 3.05) is 6.61 Å². The van der Waals surface area contributed by atoms with E-state index in [-0.39, 0.29) is 5.41 Å². The maximum atomic E-state index is 5.17. The van der Waals surface area contributed by atoms with Crippen molar-refractivity contribution in [3.8, 4) is 0 Å². The van der Waals surface area contributed by atoms with E-state index in [2.05, 4.69) is 27.7 Å². The molecule has 0 amide bonds. The lowest BCUT2D eigenvalue weighted by Crippen LogP contribution is -2.35. The van der Waals surface area contributed by atoms with Crippen molar-refractivity contribution in [2.24, 2.45) is 22.6 Å². The summed E-state index contributed by atoms with van der Waals surface area (Å²) >= 11 is 0. The first-order valence-corrected chi connectivity index (χ1v) is 5.69. The summed E-state index contributed by atoms with van der Waals surface area (Å²) in [6.07, 6.45) is 5.32. The van der Waals surface area contributed by atoms with Crippen LogP contribution in [0.1, 0.15) is 53.4 Å². The molecule has 1 aliphatic carbocycles. The number of hydrogen-bond donors (Lipinski definition) is 1. The van der Waals surface area contributed by atoms with Gasteiger partial charge in [0.2, 0.25) is 0 Å². The van der Waals surface area contributed by atoms with Gasteiger partial charge in [-0.15, -0.1) is 0 Å². The number of rotatable bonds is 3. The third-order valence-electron chi connectivity index (χ3n) is 3.90. The van der Waals surface area contributed by atoms with Gasteiger partial charge in [-0.1, -0.05) is 27.7 Å². The summed E-state index contributed by atoms with van der Waals surface area (Å²) in [6.45, 7) is 9.95. The lowest BCUT2D eigenvalue weighted by atomic mass is 9.65. The van der Waals surface area contributed by atoms with Gasteiger partial charge in [-0.25, -0.2) is 5.90 Å². The minimum absolute atomic E-state index is 0.241. The van der Waals surface area contributed by atoms with Crippen molar-refractivity contribution in [1.29, 1.82) is 0 Å². The summed E-state index contributed by atoms with van der Waals surface area (Å²) in [7, 11) is 0. The SMILES string of the molecule is CC1(C)CCC(C(C)(C)CON)CC1. The molecule has 0 radical (unpaired) electrons. The highest BCUT2D eigenvalue weighted by atomic mass is 16.6. The second-order valence-electron chi connectivity index (χ2n) is 6.24. The van der Waals surface area contributed by atoms with E-state index >= 15 is 0 Å². The lowest BCUT2D eigenvalue weighted by Gasteiger charge is -2.41. The molecule has 0 unspecified atom stereocenters. The van der Waals surface area contributed by atoms with Gasteiger partial charge < -0.3 is 4.84 Å². The van der Waals surface area contributed by atoms with Crippen LogP contribution < -0.4 is 5.90 Å². The van der Waals surface area contributed by atoms with Gasteiger partial charge in [0.1, 0.15) is 0 Å². The van der Waals surface area contributed by atoms with Crippen LogP contribution in [0.4, 0.5) is 0 Å². The molecule has 14 heavy (non-hydrogen) atoms. The van der Waals surface area contributed by atoms with E-state index in [1.54, 1.807) is 0 Å². The van der Waals surface area contributed by atoms with Crippen LogP contribution in [0.25, 0.3) is 0 Å². The first kappa shape index (κ1) is 12.0. The Bertz CT molecular complexity index is 177. The van der Waals surface area contributed by atoms with Crippen molar-refractivity contribution < 1.29 is 4.84 Å². The van der Waals surface area contributed by atoms with E-state index in [9.17, 15) is 0 Å². The Morgan fingerprint density at radius 1 is 1.29 bits per heavy atom. The molecule has 0 spiro atoms. The Hall–Kier alpha value is -0.0800. The maximum absolute atomic E-state index is 5.17. The lowest BCUT2D eigenvalue weighted by molar-refractivity contribution is 0.00325. The van der Waals surface area contributed by atoms with Crippen LogP contribution in [-0.4, -0.2) is 6.61 Å². The molecular weight excluding hydrogens is 174 g/mol. The van der Waals surface area contributed by atoms with E-state index < -0.39 is 0 Å². The highest BCUT2D eigenvalue weighted by Crippen LogP contribution is 2.44. The van der Waals surface area contributed by atoms with Crippen molar-refractivity contribution in [3.05, 3.63) is 0 Å². The number of nitrogens with two attached hydrogens (primary N) is 1. The van der Waals surface area contributed by atoms with Gasteiger partial charge in [-0.05, 0) is 42.4 Å². The van der Waals surface area contributed by atoms with Gasteiger partial charge in [0, 0.05) is 0 Å². The molecule has 0 aliphatic heterocycles. The van der Waals surface area contributed by atoms with E-state index in [0.29, 0.717) is 12.0 Å². The van der Waals surface area contributed by atoms with E-state index in [1.165, 1.54) is 25.7 Å². The van der Waals surface area contributed by atoms with E-state index in [4.69, 9.17) is 10.7 Å². The zero-order valence-electron chi connectivity index (χ0n) is 10.1. The minimum Gasteiger partial charge on any atom is -0.304 e. The first-order valence-electron chi connectivity index (χ1n) is 5.69. The van der Waals surface area contributed by atoms with Crippen molar-refractivity contribution >= 4 is 0 Å². The standard InChI is InChI=1S/C12H25NO/c1-11(2)7-5-10(6-8-11)12(3,4)9-14-13/h10H,5-9,13H2,1-4H3. The molecule has 0 aromatic heterocycles. The fourth-order valence-electron chi connectivity index (χ4n) is 2.51. The average molecular weight is 199 g/mol. The molecule has 2 N–H and O–H groups in total. The number of hydrogen-bond acceptors (Lipinski definition) is 2. The van der Waals surface area contributed by atoms with Gasteiger partial charge in [0.15, 0.2) is 0 Å². The zero-order chi connectivity index (χ0) is 10.8. The Morgan fingerprint density at radius 3 is 2.21 bits per heavy atom. The Kier molecular flexibility index (Phi) is 3.59. The first-order chi connectivity index (χ1) is 6.37.